The normalized spacial score (nSPS) is 12.2. The van der Waals surface area contributed by atoms with Gasteiger partial charge in [0.15, 0.2) is 8.24 Å². The van der Waals surface area contributed by atoms with Crippen LogP contribution in [0.5, 0.6) is 0 Å². The van der Waals surface area contributed by atoms with E-state index in [1.807, 2.05) is 22.5 Å². The number of benzene rings is 1. The van der Waals surface area contributed by atoms with Gasteiger partial charge >= 0.3 is 0 Å². The molecule has 5 heteroatoms. The van der Waals surface area contributed by atoms with E-state index < -0.39 is 8.24 Å². The molecule has 14 heavy (non-hydrogen) atoms. The number of fused-ring (bicyclic) bond motifs is 1. The van der Waals surface area contributed by atoms with E-state index in [1.165, 1.54) is 0 Å². The van der Waals surface area contributed by atoms with Gasteiger partial charge in [0.05, 0.1) is 5.52 Å². The summed E-state index contributed by atoms with van der Waals surface area (Å²) >= 11 is 0. The molecule has 0 atom stereocenters. The SMILES string of the molecule is C[Si](C)(C)n1nnc2ccc(N)cc21. The molecule has 1 aromatic heterocycles. The van der Waals surface area contributed by atoms with Crippen molar-refractivity contribution in [3.05, 3.63) is 18.2 Å². The van der Waals surface area contributed by atoms with Crippen LogP contribution < -0.4 is 5.73 Å². The minimum atomic E-state index is -1.48. The standard InChI is InChI=1S/C9H14N4Si/c1-14(2,3)13-9-6-7(10)4-5-8(9)11-12-13/h4-6H,10H2,1-3H3. The van der Waals surface area contributed by atoms with Gasteiger partial charge in [-0.2, -0.15) is 0 Å². The van der Waals surface area contributed by atoms with Crippen LogP contribution in [-0.2, 0) is 0 Å². The Kier molecular flexibility index (Phi) is 1.85. The summed E-state index contributed by atoms with van der Waals surface area (Å²) in [4.78, 5) is 0. The van der Waals surface area contributed by atoms with Crippen molar-refractivity contribution < 1.29 is 0 Å². The Morgan fingerprint density at radius 2 is 2.00 bits per heavy atom. The second kappa shape index (κ2) is 2.81. The Balaban J connectivity index is 2.73. The van der Waals surface area contributed by atoms with Gasteiger partial charge in [0.25, 0.3) is 0 Å². The van der Waals surface area contributed by atoms with Gasteiger partial charge in [-0.05, 0) is 37.8 Å². The lowest BCUT2D eigenvalue weighted by molar-refractivity contribution is 0.862. The van der Waals surface area contributed by atoms with Gasteiger partial charge < -0.3 is 5.73 Å². The molecule has 2 N–H and O–H groups in total. The van der Waals surface area contributed by atoms with Crippen LogP contribution in [0.25, 0.3) is 11.0 Å². The van der Waals surface area contributed by atoms with Crippen molar-refractivity contribution in [3.63, 3.8) is 0 Å². The molecule has 0 spiro atoms. The fourth-order valence-electron chi connectivity index (χ4n) is 1.43. The van der Waals surface area contributed by atoms with Crippen LogP contribution in [0.2, 0.25) is 19.6 Å². The molecule has 0 radical (unpaired) electrons. The average molecular weight is 206 g/mol. The highest BCUT2D eigenvalue weighted by atomic mass is 28.3. The first-order valence-electron chi connectivity index (χ1n) is 4.60. The Hall–Kier alpha value is -1.36. The Morgan fingerprint density at radius 1 is 1.29 bits per heavy atom. The summed E-state index contributed by atoms with van der Waals surface area (Å²) in [5, 5.41) is 8.30. The number of nitrogen functional groups attached to an aromatic ring is 1. The molecule has 4 nitrogen and oxygen atoms in total. The first-order valence-corrected chi connectivity index (χ1v) is 8.04. The van der Waals surface area contributed by atoms with Gasteiger partial charge in [-0.15, -0.1) is 5.10 Å². The predicted molar refractivity (Wildman–Crippen MR) is 60.7 cm³/mol. The van der Waals surface area contributed by atoms with Crippen LogP contribution in [0.3, 0.4) is 0 Å². The van der Waals surface area contributed by atoms with E-state index in [1.54, 1.807) is 0 Å². The second-order valence-electron chi connectivity index (χ2n) is 4.42. The topological polar surface area (TPSA) is 56.7 Å². The summed E-state index contributed by atoms with van der Waals surface area (Å²) in [6.07, 6.45) is 0. The molecule has 0 bridgehead atoms. The van der Waals surface area contributed by atoms with Gasteiger partial charge in [0.1, 0.15) is 5.52 Å². The fourth-order valence-corrected chi connectivity index (χ4v) is 2.65. The highest BCUT2D eigenvalue weighted by Gasteiger charge is 2.20. The van der Waals surface area contributed by atoms with Crippen LogP contribution in [0.1, 0.15) is 0 Å². The van der Waals surface area contributed by atoms with Crippen LogP contribution in [0, 0.1) is 0 Å². The van der Waals surface area contributed by atoms with Crippen LogP contribution in [0.15, 0.2) is 18.2 Å². The van der Waals surface area contributed by atoms with Gasteiger partial charge in [-0.3, -0.25) is 4.35 Å². The van der Waals surface area contributed by atoms with E-state index in [-0.39, 0.29) is 0 Å². The van der Waals surface area contributed by atoms with Gasteiger partial charge in [-0.25, -0.2) is 0 Å². The third kappa shape index (κ3) is 1.39. The number of rotatable bonds is 1. The molecule has 2 rings (SSSR count). The summed E-state index contributed by atoms with van der Waals surface area (Å²) in [5.74, 6) is 0. The third-order valence-corrected chi connectivity index (χ3v) is 3.71. The molecule has 0 saturated carbocycles. The lowest BCUT2D eigenvalue weighted by atomic mass is 10.3. The molecule has 0 saturated heterocycles. The van der Waals surface area contributed by atoms with E-state index in [4.69, 9.17) is 5.73 Å². The number of aromatic nitrogens is 3. The molecule has 0 aliphatic heterocycles. The van der Waals surface area contributed by atoms with E-state index in [9.17, 15) is 0 Å². The molecule has 0 amide bonds. The molecular formula is C9H14N4Si. The molecule has 0 aliphatic rings. The highest BCUT2D eigenvalue weighted by Crippen LogP contribution is 2.18. The monoisotopic (exact) mass is 206 g/mol. The van der Waals surface area contributed by atoms with Gasteiger partial charge in [0, 0.05) is 5.69 Å². The molecule has 74 valence electrons. The van der Waals surface area contributed by atoms with Crippen molar-refractivity contribution in [2.75, 3.05) is 5.73 Å². The van der Waals surface area contributed by atoms with Crippen LogP contribution in [-0.4, -0.2) is 22.9 Å². The summed E-state index contributed by atoms with van der Waals surface area (Å²) in [7, 11) is -1.48. The maximum absolute atomic E-state index is 5.74. The van der Waals surface area contributed by atoms with E-state index in [0.29, 0.717) is 0 Å². The molecule has 0 aliphatic carbocycles. The molecular weight excluding hydrogens is 192 g/mol. The Labute approximate surface area is 83.8 Å². The first kappa shape index (κ1) is 9.20. The Morgan fingerprint density at radius 3 is 2.64 bits per heavy atom. The molecule has 2 aromatic rings. The van der Waals surface area contributed by atoms with Gasteiger partial charge in [-0.1, -0.05) is 5.21 Å². The Bertz CT molecular complexity index is 469. The summed E-state index contributed by atoms with van der Waals surface area (Å²) in [5.41, 5.74) is 8.47. The predicted octanol–water partition coefficient (Wildman–Crippen LogP) is 1.70. The number of hydrogen-bond acceptors (Lipinski definition) is 3. The molecule has 1 aromatic carbocycles. The maximum Gasteiger partial charge on any atom is 0.179 e. The molecule has 0 unspecified atom stereocenters. The van der Waals surface area contributed by atoms with E-state index in [0.717, 1.165) is 16.7 Å². The number of anilines is 1. The smallest absolute Gasteiger partial charge is 0.179 e. The fraction of sp³-hybridized carbons (Fsp3) is 0.333. The first-order chi connectivity index (χ1) is 6.48. The highest BCUT2D eigenvalue weighted by molar-refractivity contribution is 6.74. The van der Waals surface area contributed by atoms with Crippen molar-refractivity contribution in [2.24, 2.45) is 0 Å². The average Bonchev–Trinajstić information content (AvgIpc) is 2.45. The minimum Gasteiger partial charge on any atom is -0.399 e. The number of hydrogen-bond donors (Lipinski definition) is 1. The van der Waals surface area contributed by atoms with Crippen molar-refractivity contribution in [2.45, 2.75) is 19.6 Å². The third-order valence-electron chi connectivity index (χ3n) is 2.10. The summed E-state index contributed by atoms with van der Waals surface area (Å²) in [6.45, 7) is 6.68. The zero-order valence-electron chi connectivity index (χ0n) is 8.65. The lowest BCUT2D eigenvalue weighted by Crippen LogP contribution is -2.33. The zero-order valence-corrected chi connectivity index (χ0v) is 9.65. The van der Waals surface area contributed by atoms with Crippen LogP contribution >= 0.6 is 0 Å². The van der Waals surface area contributed by atoms with E-state index in [2.05, 4.69) is 30.0 Å². The number of nitrogens with zero attached hydrogens (tertiary/aromatic N) is 3. The largest absolute Gasteiger partial charge is 0.399 e. The molecule has 1 heterocycles. The van der Waals surface area contributed by atoms with Crippen molar-refractivity contribution in [1.82, 2.24) is 14.7 Å². The second-order valence-corrected chi connectivity index (χ2v) is 9.19. The quantitative estimate of drug-likeness (QED) is 0.570. The lowest BCUT2D eigenvalue weighted by Gasteiger charge is -2.16. The van der Waals surface area contributed by atoms with Crippen molar-refractivity contribution >= 4 is 25.0 Å². The number of nitrogens with two attached hydrogens (primary N) is 1. The van der Waals surface area contributed by atoms with Gasteiger partial charge in [0.2, 0.25) is 0 Å². The maximum atomic E-state index is 5.74. The minimum absolute atomic E-state index is 0.763. The molecule has 0 fully saturated rings. The zero-order chi connectivity index (χ0) is 10.3. The van der Waals surface area contributed by atoms with E-state index >= 15 is 0 Å². The van der Waals surface area contributed by atoms with Crippen molar-refractivity contribution in [3.8, 4) is 0 Å². The van der Waals surface area contributed by atoms with Crippen molar-refractivity contribution in [1.29, 1.82) is 0 Å². The summed E-state index contributed by atoms with van der Waals surface area (Å²) < 4.78 is 2.03. The summed E-state index contributed by atoms with van der Waals surface area (Å²) in [6, 6.07) is 5.70. The van der Waals surface area contributed by atoms with Crippen LogP contribution in [0.4, 0.5) is 5.69 Å².